The van der Waals surface area contributed by atoms with Gasteiger partial charge in [-0.3, -0.25) is 9.59 Å². The van der Waals surface area contributed by atoms with Crippen molar-refractivity contribution in [3.8, 4) is 0 Å². The van der Waals surface area contributed by atoms with Crippen molar-refractivity contribution >= 4 is 11.8 Å². The highest BCUT2D eigenvalue weighted by molar-refractivity contribution is 5.91. The van der Waals surface area contributed by atoms with Crippen LogP contribution in [0.3, 0.4) is 0 Å². The van der Waals surface area contributed by atoms with Crippen LogP contribution in [-0.2, 0) is 14.3 Å². The predicted octanol–water partition coefficient (Wildman–Crippen LogP) is 5.87. The zero-order chi connectivity index (χ0) is 20.1. The van der Waals surface area contributed by atoms with E-state index in [1.165, 1.54) is 24.8 Å². The van der Waals surface area contributed by atoms with Crippen LogP contribution in [0.2, 0.25) is 0 Å². The lowest BCUT2D eigenvalue weighted by Crippen LogP contribution is -2.51. The summed E-state index contributed by atoms with van der Waals surface area (Å²) in [7, 11) is 0. The van der Waals surface area contributed by atoms with E-state index in [1.807, 2.05) is 6.08 Å². The molecule has 0 radical (unpaired) electrons. The molecular weight excluding hydrogens is 348 g/mol. The Labute approximate surface area is 170 Å². The van der Waals surface area contributed by atoms with Gasteiger partial charge in [0.1, 0.15) is 6.10 Å². The number of fused-ring (bicyclic) bond motifs is 5. The number of carbonyl (C=O) groups is 2. The standard InChI is InChI=1S/C25H38O3/c1-16(2)5-10-23(27)28-22-9-8-20-19-7-6-17-15-18(26)11-13-24(17,3)21(19)12-14-25(20,22)4/h15-16,19-22H,5-14H2,1-4H3/t19-,20-,21+,22-,24-,25-/m0/s1. The maximum atomic E-state index is 12.4. The fraction of sp³-hybridized carbons (Fsp3) is 0.840. The number of hydrogen-bond donors (Lipinski definition) is 0. The van der Waals surface area contributed by atoms with Crippen molar-refractivity contribution in [3.63, 3.8) is 0 Å². The number of ketones is 1. The van der Waals surface area contributed by atoms with Crippen molar-refractivity contribution < 1.29 is 14.3 Å². The second kappa shape index (κ2) is 7.29. The third-order valence-corrected chi connectivity index (χ3v) is 9.07. The number of esters is 1. The molecule has 0 aromatic heterocycles. The first-order valence-electron chi connectivity index (χ1n) is 11.7. The van der Waals surface area contributed by atoms with Crippen LogP contribution in [0.4, 0.5) is 0 Å². The SMILES string of the molecule is CC(C)CCC(=O)O[C@H]1CC[C@H]2[C@@H]3CCC4=CC(=O)CC[C@]4(C)[C@@H]3CC[C@]12C. The minimum atomic E-state index is 0.00863. The van der Waals surface area contributed by atoms with Crippen LogP contribution >= 0.6 is 0 Å². The van der Waals surface area contributed by atoms with E-state index in [1.54, 1.807) is 0 Å². The van der Waals surface area contributed by atoms with Crippen LogP contribution in [0.15, 0.2) is 11.6 Å². The lowest BCUT2D eigenvalue weighted by Gasteiger charge is -2.57. The molecule has 0 heterocycles. The predicted molar refractivity (Wildman–Crippen MR) is 111 cm³/mol. The highest BCUT2D eigenvalue weighted by atomic mass is 16.5. The fourth-order valence-corrected chi connectivity index (χ4v) is 7.33. The van der Waals surface area contributed by atoms with Crippen molar-refractivity contribution in [2.24, 2.45) is 34.5 Å². The number of ether oxygens (including phenoxy) is 1. The van der Waals surface area contributed by atoms with E-state index in [0.717, 1.165) is 44.4 Å². The summed E-state index contributed by atoms with van der Waals surface area (Å²) in [6.07, 6.45) is 12.3. The lowest BCUT2D eigenvalue weighted by atomic mass is 9.47. The molecule has 6 atom stereocenters. The number of hydrogen-bond acceptors (Lipinski definition) is 3. The first-order chi connectivity index (χ1) is 13.2. The third-order valence-electron chi connectivity index (χ3n) is 9.07. The molecule has 3 fully saturated rings. The van der Waals surface area contributed by atoms with E-state index >= 15 is 0 Å². The van der Waals surface area contributed by atoms with Crippen LogP contribution in [0.1, 0.15) is 91.9 Å². The maximum absolute atomic E-state index is 12.4. The highest BCUT2D eigenvalue weighted by Crippen LogP contribution is 2.65. The van der Waals surface area contributed by atoms with Crippen molar-refractivity contribution in [1.82, 2.24) is 0 Å². The molecule has 0 N–H and O–H groups in total. The summed E-state index contributed by atoms with van der Waals surface area (Å²) in [5.41, 5.74) is 1.81. The molecule has 156 valence electrons. The first-order valence-corrected chi connectivity index (χ1v) is 11.7. The molecule has 0 aliphatic heterocycles. The van der Waals surface area contributed by atoms with Crippen LogP contribution in [0.5, 0.6) is 0 Å². The van der Waals surface area contributed by atoms with Gasteiger partial charge in [0, 0.05) is 18.3 Å². The summed E-state index contributed by atoms with van der Waals surface area (Å²) >= 11 is 0. The Morgan fingerprint density at radius 2 is 1.89 bits per heavy atom. The minimum absolute atomic E-state index is 0.00863. The molecule has 4 rings (SSSR count). The first kappa shape index (κ1) is 20.2. The molecule has 28 heavy (non-hydrogen) atoms. The van der Waals surface area contributed by atoms with Gasteiger partial charge in [-0.05, 0) is 86.5 Å². The Morgan fingerprint density at radius 1 is 1.11 bits per heavy atom. The van der Waals surface area contributed by atoms with Crippen LogP contribution in [0.25, 0.3) is 0 Å². The van der Waals surface area contributed by atoms with Gasteiger partial charge in [0.05, 0.1) is 0 Å². The molecule has 4 aliphatic rings. The van der Waals surface area contributed by atoms with Gasteiger partial charge in [-0.25, -0.2) is 0 Å². The summed E-state index contributed by atoms with van der Waals surface area (Å²) in [6.45, 7) is 9.15. The van der Waals surface area contributed by atoms with E-state index in [0.29, 0.717) is 30.0 Å². The molecule has 3 heteroatoms. The van der Waals surface area contributed by atoms with Gasteiger partial charge < -0.3 is 4.74 Å². The topological polar surface area (TPSA) is 43.4 Å². The van der Waals surface area contributed by atoms with Gasteiger partial charge in [0.25, 0.3) is 0 Å². The third kappa shape index (κ3) is 3.27. The zero-order valence-corrected chi connectivity index (χ0v) is 18.3. The van der Waals surface area contributed by atoms with E-state index in [9.17, 15) is 9.59 Å². The molecule has 0 aromatic carbocycles. The second-order valence-corrected chi connectivity index (χ2v) is 11.0. The van der Waals surface area contributed by atoms with E-state index in [4.69, 9.17) is 4.74 Å². The smallest absolute Gasteiger partial charge is 0.306 e. The van der Waals surface area contributed by atoms with Gasteiger partial charge in [-0.2, -0.15) is 0 Å². The van der Waals surface area contributed by atoms with Crippen molar-refractivity contribution in [3.05, 3.63) is 11.6 Å². The zero-order valence-electron chi connectivity index (χ0n) is 18.3. The Bertz CT molecular complexity index is 677. The van der Waals surface area contributed by atoms with Crippen molar-refractivity contribution in [2.75, 3.05) is 0 Å². The summed E-state index contributed by atoms with van der Waals surface area (Å²) in [5, 5.41) is 0. The molecule has 3 saturated carbocycles. The van der Waals surface area contributed by atoms with Crippen molar-refractivity contribution in [1.29, 1.82) is 0 Å². The van der Waals surface area contributed by atoms with Gasteiger partial charge >= 0.3 is 5.97 Å². The van der Waals surface area contributed by atoms with E-state index < -0.39 is 0 Å². The average molecular weight is 387 g/mol. The molecule has 4 aliphatic carbocycles. The van der Waals surface area contributed by atoms with Gasteiger partial charge in [-0.1, -0.05) is 33.3 Å². The van der Waals surface area contributed by atoms with Gasteiger partial charge in [0.2, 0.25) is 0 Å². The molecule has 0 spiro atoms. The molecule has 0 saturated heterocycles. The summed E-state index contributed by atoms with van der Waals surface area (Å²) in [5.74, 6) is 2.99. The van der Waals surface area contributed by atoms with Crippen molar-refractivity contribution in [2.45, 2.75) is 98.0 Å². The Hall–Kier alpha value is -1.12. The van der Waals surface area contributed by atoms with E-state index in [2.05, 4.69) is 27.7 Å². The normalized spacial score (nSPS) is 42.5. The maximum Gasteiger partial charge on any atom is 0.306 e. The molecule has 3 nitrogen and oxygen atoms in total. The number of carbonyl (C=O) groups excluding carboxylic acids is 2. The van der Waals surface area contributed by atoms with Gasteiger partial charge in [-0.15, -0.1) is 0 Å². The molecular formula is C25H38O3. The average Bonchev–Trinajstić information content (AvgIpc) is 2.97. The quantitative estimate of drug-likeness (QED) is 0.568. The monoisotopic (exact) mass is 386 g/mol. The minimum Gasteiger partial charge on any atom is -0.462 e. The van der Waals surface area contributed by atoms with Crippen LogP contribution in [0, 0.1) is 34.5 Å². The second-order valence-electron chi connectivity index (χ2n) is 11.0. The summed E-state index contributed by atoms with van der Waals surface area (Å²) < 4.78 is 6.06. The molecule has 0 bridgehead atoms. The largest absolute Gasteiger partial charge is 0.462 e. The highest BCUT2D eigenvalue weighted by Gasteiger charge is 2.59. The Kier molecular flexibility index (Phi) is 5.25. The number of rotatable bonds is 4. The summed E-state index contributed by atoms with van der Waals surface area (Å²) in [6, 6.07) is 0. The van der Waals surface area contributed by atoms with Gasteiger partial charge in [0.15, 0.2) is 5.78 Å². The molecule has 0 aromatic rings. The lowest BCUT2D eigenvalue weighted by molar-refractivity contribution is -0.160. The van der Waals surface area contributed by atoms with Crippen LogP contribution in [-0.4, -0.2) is 17.9 Å². The molecule has 0 unspecified atom stereocenters. The molecule has 0 amide bonds. The Balaban J connectivity index is 1.49. The number of allylic oxidation sites excluding steroid dienone is 1. The summed E-state index contributed by atoms with van der Waals surface area (Å²) in [4.78, 5) is 24.4. The fourth-order valence-electron chi connectivity index (χ4n) is 7.33. The van der Waals surface area contributed by atoms with Crippen LogP contribution < -0.4 is 0 Å². The Morgan fingerprint density at radius 3 is 2.64 bits per heavy atom. The van der Waals surface area contributed by atoms with E-state index in [-0.39, 0.29) is 22.9 Å².